The second-order valence-corrected chi connectivity index (χ2v) is 3.25. The van der Waals surface area contributed by atoms with Crippen LogP contribution in [0.5, 0.6) is 0 Å². The first-order valence-corrected chi connectivity index (χ1v) is 4.43. The molecule has 0 saturated carbocycles. The predicted molar refractivity (Wildman–Crippen MR) is 49.8 cm³/mol. The van der Waals surface area contributed by atoms with Gasteiger partial charge in [0, 0.05) is 6.42 Å². The number of carbonyl (C=O) groups is 3. The van der Waals surface area contributed by atoms with Crippen molar-refractivity contribution in [3.63, 3.8) is 0 Å². The first-order chi connectivity index (χ1) is 6.43. The first kappa shape index (κ1) is 12.8. The van der Waals surface area contributed by atoms with Gasteiger partial charge in [-0.1, -0.05) is 0 Å². The van der Waals surface area contributed by atoms with E-state index in [9.17, 15) is 14.4 Å². The lowest BCUT2D eigenvalue weighted by Gasteiger charge is -2.04. The lowest BCUT2D eigenvalue weighted by Crippen LogP contribution is -2.29. The minimum atomic E-state index is -1.07. The number of Topliss-reactive ketones (excluding diaryl/α,β-unsaturated/α-hetero) is 2. The molecule has 0 aliphatic heterocycles. The third-order valence-electron chi connectivity index (χ3n) is 1.73. The average Bonchev–Trinajstić information content (AvgIpc) is 2.02. The highest BCUT2D eigenvalue weighted by Crippen LogP contribution is 2.02. The molecule has 5 nitrogen and oxygen atoms in total. The van der Waals surface area contributed by atoms with Gasteiger partial charge in [0.05, 0.1) is 6.42 Å². The number of carboxylic acids is 1. The van der Waals surface area contributed by atoms with E-state index in [1.54, 1.807) is 0 Å². The summed E-state index contributed by atoms with van der Waals surface area (Å²) in [5, 5.41) is 8.43. The fraction of sp³-hybridized carbons (Fsp3) is 0.667. The van der Waals surface area contributed by atoms with Crippen LogP contribution in [0, 0.1) is 0 Å². The molecule has 0 aromatic heterocycles. The van der Waals surface area contributed by atoms with Crippen molar-refractivity contribution in [1.82, 2.24) is 0 Å². The van der Waals surface area contributed by atoms with Crippen LogP contribution in [0.15, 0.2) is 0 Å². The monoisotopic (exact) mass is 201 g/mol. The standard InChI is InChI=1S/C9H15NO4/c1-6(11)5-7(12)3-2-4-8(10)9(13)14/h8H,2-5,10H2,1H3,(H,13,14). The molecule has 0 aromatic rings. The van der Waals surface area contributed by atoms with E-state index in [0.717, 1.165) is 0 Å². The first-order valence-electron chi connectivity index (χ1n) is 4.43. The Morgan fingerprint density at radius 3 is 2.36 bits per heavy atom. The van der Waals surface area contributed by atoms with Crippen molar-refractivity contribution >= 4 is 17.5 Å². The van der Waals surface area contributed by atoms with Crippen LogP contribution in [0.4, 0.5) is 0 Å². The topological polar surface area (TPSA) is 97.5 Å². The molecule has 0 amide bonds. The van der Waals surface area contributed by atoms with Gasteiger partial charge in [-0.05, 0) is 19.8 Å². The van der Waals surface area contributed by atoms with Gasteiger partial charge >= 0.3 is 5.97 Å². The summed E-state index contributed by atoms with van der Waals surface area (Å²) in [6.07, 6.45) is 0.835. The van der Waals surface area contributed by atoms with Crippen LogP contribution in [-0.2, 0) is 14.4 Å². The van der Waals surface area contributed by atoms with Crippen molar-refractivity contribution in [3.05, 3.63) is 0 Å². The Morgan fingerprint density at radius 2 is 1.93 bits per heavy atom. The second kappa shape index (κ2) is 6.26. The van der Waals surface area contributed by atoms with Gasteiger partial charge in [-0.3, -0.25) is 14.4 Å². The fourth-order valence-corrected chi connectivity index (χ4v) is 1.01. The molecule has 0 saturated heterocycles. The maximum Gasteiger partial charge on any atom is 0.320 e. The summed E-state index contributed by atoms with van der Waals surface area (Å²) in [4.78, 5) is 31.8. The van der Waals surface area contributed by atoms with Crippen molar-refractivity contribution in [2.75, 3.05) is 0 Å². The summed E-state index contributed by atoms with van der Waals surface area (Å²) in [5.41, 5.74) is 5.23. The van der Waals surface area contributed by atoms with Crippen molar-refractivity contribution in [1.29, 1.82) is 0 Å². The summed E-state index contributed by atoms with van der Waals surface area (Å²) < 4.78 is 0. The molecule has 0 fully saturated rings. The fourth-order valence-electron chi connectivity index (χ4n) is 1.01. The zero-order valence-electron chi connectivity index (χ0n) is 8.16. The highest BCUT2D eigenvalue weighted by molar-refractivity contribution is 5.97. The van der Waals surface area contributed by atoms with E-state index < -0.39 is 12.0 Å². The van der Waals surface area contributed by atoms with Crippen LogP contribution in [0.3, 0.4) is 0 Å². The van der Waals surface area contributed by atoms with Crippen LogP contribution in [0.2, 0.25) is 0 Å². The summed E-state index contributed by atoms with van der Waals surface area (Å²) in [6, 6.07) is -0.917. The number of carboxylic acid groups (broad SMARTS) is 1. The Labute approximate surface area is 82.3 Å². The van der Waals surface area contributed by atoms with Crippen molar-refractivity contribution in [3.8, 4) is 0 Å². The molecule has 0 rings (SSSR count). The van der Waals surface area contributed by atoms with Crippen molar-refractivity contribution in [2.24, 2.45) is 5.73 Å². The molecule has 3 N–H and O–H groups in total. The molecular weight excluding hydrogens is 186 g/mol. The molecule has 0 aromatic carbocycles. The molecule has 0 aliphatic carbocycles. The number of nitrogens with two attached hydrogens (primary N) is 1. The third-order valence-corrected chi connectivity index (χ3v) is 1.73. The molecule has 0 radical (unpaired) electrons. The normalized spacial score (nSPS) is 12.1. The predicted octanol–water partition coefficient (Wildman–Crippen LogP) is 0.117. The van der Waals surface area contributed by atoms with Gasteiger partial charge in [-0.25, -0.2) is 0 Å². The molecule has 1 unspecified atom stereocenters. The summed E-state index contributed by atoms with van der Waals surface area (Å²) in [5.74, 6) is -1.39. The van der Waals surface area contributed by atoms with E-state index in [1.165, 1.54) is 6.92 Å². The smallest absolute Gasteiger partial charge is 0.320 e. The van der Waals surface area contributed by atoms with E-state index in [4.69, 9.17) is 10.8 Å². The van der Waals surface area contributed by atoms with E-state index in [-0.39, 0.29) is 30.8 Å². The largest absolute Gasteiger partial charge is 0.480 e. The van der Waals surface area contributed by atoms with E-state index in [0.29, 0.717) is 6.42 Å². The third kappa shape index (κ3) is 6.30. The highest BCUT2D eigenvalue weighted by atomic mass is 16.4. The Morgan fingerprint density at radius 1 is 1.36 bits per heavy atom. The maximum absolute atomic E-state index is 11.0. The van der Waals surface area contributed by atoms with Gasteiger partial charge in [-0.2, -0.15) is 0 Å². The number of ketones is 2. The molecule has 0 aliphatic rings. The minimum Gasteiger partial charge on any atom is -0.480 e. The Kier molecular flexibility index (Phi) is 5.71. The maximum atomic E-state index is 11.0. The van der Waals surface area contributed by atoms with Crippen LogP contribution in [-0.4, -0.2) is 28.7 Å². The zero-order chi connectivity index (χ0) is 11.1. The van der Waals surface area contributed by atoms with Crippen LogP contribution < -0.4 is 5.73 Å². The summed E-state index contributed by atoms with van der Waals surface area (Å²) >= 11 is 0. The second-order valence-electron chi connectivity index (χ2n) is 3.25. The molecule has 14 heavy (non-hydrogen) atoms. The average molecular weight is 201 g/mol. The lowest BCUT2D eigenvalue weighted by atomic mass is 10.1. The van der Waals surface area contributed by atoms with Gasteiger partial charge in [-0.15, -0.1) is 0 Å². The van der Waals surface area contributed by atoms with E-state index in [1.807, 2.05) is 0 Å². The molecule has 5 heteroatoms. The van der Waals surface area contributed by atoms with Gasteiger partial charge < -0.3 is 10.8 Å². The SMILES string of the molecule is CC(=O)CC(=O)CCCC(N)C(=O)O. The number of carbonyl (C=O) groups excluding carboxylic acids is 2. The van der Waals surface area contributed by atoms with Crippen LogP contribution in [0.1, 0.15) is 32.6 Å². The Bertz CT molecular complexity index is 237. The zero-order valence-corrected chi connectivity index (χ0v) is 8.16. The van der Waals surface area contributed by atoms with Gasteiger partial charge in [0.25, 0.3) is 0 Å². The van der Waals surface area contributed by atoms with E-state index in [2.05, 4.69) is 0 Å². The highest BCUT2D eigenvalue weighted by Gasteiger charge is 2.12. The van der Waals surface area contributed by atoms with Crippen molar-refractivity contribution in [2.45, 2.75) is 38.6 Å². The van der Waals surface area contributed by atoms with Gasteiger partial charge in [0.2, 0.25) is 0 Å². The number of hydrogen-bond donors (Lipinski definition) is 2. The number of aliphatic carboxylic acids is 1. The number of rotatable bonds is 7. The Hall–Kier alpha value is -1.23. The van der Waals surface area contributed by atoms with Gasteiger partial charge in [0.15, 0.2) is 0 Å². The number of hydrogen-bond acceptors (Lipinski definition) is 4. The molecular formula is C9H15NO4. The molecule has 80 valence electrons. The summed E-state index contributed by atoms with van der Waals surface area (Å²) in [7, 11) is 0. The lowest BCUT2D eigenvalue weighted by molar-refractivity contribution is -0.139. The van der Waals surface area contributed by atoms with Crippen LogP contribution in [0.25, 0.3) is 0 Å². The molecule has 0 spiro atoms. The molecule has 1 atom stereocenters. The molecule has 0 bridgehead atoms. The van der Waals surface area contributed by atoms with E-state index >= 15 is 0 Å². The van der Waals surface area contributed by atoms with Crippen molar-refractivity contribution < 1.29 is 19.5 Å². The summed E-state index contributed by atoms with van der Waals surface area (Å²) in [6.45, 7) is 1.35. The Balaban J connectivity index is 3.59. The quantitative estimate of drug-likeness (QED) is 0.570. The minimum absolute atomic E-state index is 0.0672. The van der Waals surface area contributed by atoms with Crippen LogP contribution >= 0.6 is 0 Å². The van der Waals surface area contributed by atoms with Gasteiger partial charge in [0.1, 0.15) is 17.6 Å². The molecule has 0 heterocycles.